The topological polar surface area (TPSA) is 78.3 Å². The average molecular weight is 374 g/mol. The van der Waals surface area contributed by atoms with Gasteiger partial charge in [-0.05, 0) is 26.0 Å². The van der Waals surface area contributed by atoms with Crippen LogP contribution in [-0.2, 0) is 11.3 Å². The molecule has 1 amide bonds. The molecule has 0 unspecified atom stereocenters. The normalized spacial score (nSPS) is 16.8. The Morgan fingerprint density at radius 3 is 2.96 bits per heavy atom. The second-order valence-corrected chi connectivity index (χ2v) is 7.07. The number of benzene rings is 1. The van der Waals surface area contributed by atoms with E-state index in [1.165, 1.54) is 11.8 Å². The number of carbonyl (C=O) groups is 1. The molecule has 7 nitrogen and oxygen atoms in total. The van der Waals surface area contributed by atoms with E-state index >= 15 is 0 Å². The van der Waals surface area contributed by atoms with Gasteiger partial charge in [-0.3, -0.25) is 9.36 Å². The first-order valence-electron chi connectivity index (χ1n) is 8.50. The van der Waals surface area contributed by atoms with E-state index in [9.17, 15) is 4.79 Å². The van der Waals surface area contributed by atoms with Crippen LogP contribution in [0.2, 0.25) is 0 Å². The lowest BCUT2D eigenvalue weighted by Gasteiger charge is -2.26. The molecule has 0 fully saturated rings. The fraction of sp³-hybridized carbons (Fsp3) is 0.389. The van der Waals surface area contributed by atoms with E-state index in [-0.39, 0.29) is 17.3 Å². The Kier molecular flexibility index (Phi) is 5.82. The molecule has 0 saturated heterocycles. The SMILES string of the molecule is C=CCn1c(S[C@H](C)C(=O)NCC)nnc1[C@H]1COc2ccccc2O1. The number of carbonyl (C=O) groups excluding carboxylic acids is 1. The number of thioether (sulfide) groups is 1. The second kappa shape index (κ2) is 8.27. The summed E-state index contributed by atoms with van der Waals surface area (Å²) >= 11 is 1.36. The number of para-hydroxylation sites is 2. The van der Waals surface area contributed by atoms with Gasteiger partial charge in [-0.15, -0.1) is 16.8 Å². The van der Waals surface area contributed by atoms with Crippen LogP contribution in [0.1, 0.15) is 25.8 Å². The van der Waals surface area contributed by atoms with Gasteiger partial charge in [0.1, 0.15) is 6.61 Å². The number of allylic oxidation sites excluding steroid dienone is 1. The molecule has 8 heteroatoms. The standard InChI is InChI=1S/C18H22N4O3S/c1-4-10-22-16(15-11-24-13-8-6-7-9-14(13)25-15)20-21-18(22)26-12(3)17(23)19-5-2/h4,6-9,12,15H,1,5,10-11H2,2-3H3,(H,19,23)/t12-,15-/m1/s1. The summed E-state index contributed by atoms with van der Waals surface area (Å²) < 4.78 is 13.7. The molecule has 0 aliphatic carbocycles. The van der Waals surface area contributed by atoms with E-state index in [2.05, 4.69) is 22.1 Å². The molecule has 2 aromatic rings. The minimum absolute atomic E-state index is 0.0293. The Labute approximate surface area is 156 Å². The Morgan fingerprint density at radius 2 is 2.23 bits per heavy atom. The Bertz CT molecular complexity index is 792. The first kappa shape index (κ1) is 18.3. The number of hydrogen-bond donors (Lipinski definition) is 1. The van der Waals surface area contributed by atoms with Gasteiger partial charge >= 0.3 is 0 Å². The lowest BCUT2D eigenvalue weighted by molar-refractivity contribution is -0.120. The summed E-state index contributed by atoms with van der Waals surface area (Å²) in [6.07, 6.45) is 1.40. The number of aromatic nitrogens is 3. The summed E-state index contributed by atoms with van der Waals surface area (Å²) in [6.45, 7) is 9.02. The zero-order valence-electron chi connectivity index (χ0n) is 14.8. The highest BCUT2D eigenvalue weighted by molar-refractivity contribution is 8.00. The predicted octanol–water partition coefficient (Wildman–Crippen LogP) is 2.59. The second-order valence-electron chi connectivity index (χ2n) is 5.76. The predicted molar refractivity (Wildman–Crippen MR) is 99.5 cm³/mol. The van der Waals surface area contributed by atoms with Crippen molar-refractivity contribution in [3.05, 3.63) is 42.7 Å². The van der Waals surface area contributed by atoms with Crippen molar-refractivity contribution >= 4 is 17.7 Å². The molecule has 3 rings (SSSR count). The highest BCUT2D eigenvalue weighted by Gasteiger charge is 2.29. The van der Waals surface area contributed by atoms with Gasteiger partial charge in [0.2, 0.25) is 5.91 Å². The summed E-state index contributed by atoms with van der Waals surface area (Å²) in [5.74, 6) is 2.03. The van der Waals surface area contributed by atoms with Crippen LogP contribution in [0.4, 0.5) is 0 Å². The highest BCUT2D eigenvalue weighted by Crippen LogP contribution is 2.36. The van der Waals surface area contributed by atoms with Gasteiger partial charge in [-0.2, -0.15) is 0 Å². The van der Waals surface area contributed by atoms with Gasteiger partial charge in [-0.25, -0.2) is 0 Å². The van der Waals surface area contributed by atoms with Crippen molar-refractivity contribution in [1.82, 2.24) is 20.1 Å². The van der Waals surface area contributed by atoms with Crippen molar-refractivity contribution in [3.8, 4) is 11.5 Å². The highest BCUT2D eigenvalue weighted by atomic mass is 32.2. The maximum Gasteiger partial charge on any atom is 0.233 e. The molecule has 26 heavy (non-hydrogen) atoms. The summed E-state index contributed by atoms with van der Waals surface area (Å²) in [5, 5.41) is 11.8. The van der Waals surface area contributed by atoms with Crippen molar-refractivity contribution in [2.45, 2.75) is 36.9 Å². The lowest BCUT2D eigenvalue weighted by Crippen LogP contribution is -2.30. The van der Waals surface area contributed by atoms with E-state index in [0.717, 1.165) is 5.75 Å². The van der Waals surface area contributed by atoms with Crippen molar-refractivity contribution in [2.24, 2.45) is 0 Å². The van der Waals surface area contributed by atoms with Crippen LogP contribution < -0.4 is 14.8 Å². The molecule has 1 aromatic carbocycles. The monoisotopic (exact) mass is 374 g/mol. The number of rotatable bonds is 7. The zero-order chi connectivity index (χ0) is 18.5. The van der Waals surface area contributed by atoms with Crippen LogP contribution in [0.15, 0.2) is 42.1 Å². The van der Waals surface area contributed by atoms with E-state index in [1.54, 1.807) is 6.08 Å². The van der Waals surface area contributed by atoms with Gasteiger partial charge in [0, 0.05) is 13.1 Å². The van der Waals surface area contributed by atoms with Crippen LogP contribution >= 0.6 is 11.8 Å². The van der Waals surface area contributed by atoms with Crippen molar-refractivity contribution in [2.75, 3.05) is 13.2 Å². The van der Waals surface area contributed by atoms with E-state index in [0.29, 0.717) is 36.4 Å². The van der Waals surface area contributed by atoms with Crippen molar-refractivity contribution < 1.29 is 14.3 Å². The quantitative estimate of drug-likeness (QED) is 0.593. The van der Waals surface area contributed by atoms with Crippen LogP contribution in [0.25, 0.3) is 0 Å². The molecule has 0 bridgehead atoms. The molecule has 2 atom stereocenters. The van der Waals surface area contributed by atoms with Crippen LogP contribution in [0.5, 0.6) is 11.5 Å². The molecular formula is C18H22N4O3S. The molecule has 1 N–H and O–H groups in total. The van der Waals surface area contributed by atoms with Gasteiger partial charge in [0.25, 0.3) is 0 Å². The Hall–Kier alpha value is -2.48. The third-order valence-electron chi connectivity index (χ3n) is 3.86. The third kappa shape index (κ3) is 3.85. The molecule has 1 aromatic heterocycles. The minimum Gasteiger partial charge on any atom is -0.485 e. The van der Waals surface area contributed by atoms with Gasteiger partial charge in [-0.1, -0.05) is 30.0 Å². The Balaban J connectivity index is 1.81. The molecule has 0 spiro atoms. The fourth-order valence-corrected chi connectivity index (χ4v) is 3.49. The van der Waals surface area contributed by atoms with Gasteiger partial charge < -0.3 is 14.8 Å². The molecule has 2 heterocycles. The number of amides is 1. The average Bonchev–Trinajstić information content (AvgIpc) is 3.04. The minimum atomic E-state index is -0.369. The summed E-state index contributed by atoms with van der Waals surface area (Å²) in [6, 6.07) is 7.53. The molecule has 0 radical (unpaired) electrons. The first-order valence-corrected chi connectivity index (χ1v) is 9.38. The molecule has 1 aliphatic heterocycles. The Morgan fingerprint density at radius 1 is 1.46 bits per heavy atom. The number of nitrogens with one attached hydrogen (secondary N) is 1. The number of hydrogen-bond acceptors (Lipinski definition) is 6. The number of ether oxygens (including phenoxy) is 2. The summed E-state index contributed by atoms with van der Waals surface area (Å²) in [5.41, 5.74) is 0. The lowest BCUT2D eigenvalue weighted by atomic mass is 10.2. The number of nitrogens with zero attached hydrogens (tertiary/aromatic N) is 3. The molecule has 0 saturated carbocycles. The largest absolute Gasteiger partial charge is 0.485 e. The maximum absolute atomic E-state index is 12.0. The van der Waals surface area contributed by atoms with Crippen molar-refractivity contribution in [3.63, 3.8) is 0 Å². The molecule has 138 valence electrons. The van der Waals surface area contributed by atoms with E-state index < -0.39 is 0 Å². The van der Waals surface area contributed by atoms with Crippen LogP contribution in [0, 0.1) is 0 Å². The number of fused-ring (bicyclic) bond motifs is 1. The van der Waals surface area contributed by atoms with Crippen molar-refractivity contribution in [1.29, 1.82) is 0 Å². The molecule has 1 aliphatic rings. The summed E-state index contributed by atoms with van der Waals surface area (Å²) in [7, 11) is 0. The van der Waals surface area contributed by atoms with Gasteiger partial charge in [0.05, 0.1) is 5.25 Å². The van der Waals surface area contributed by atoms with E-state index in [1.807, 2.05) is 42.7 Å². The smallest absolute Gasteiger partial charge is 0.233 e. The molecular weight excluding hydrogens is 352 g/mol. The van der Waals surface area contributed by atoms with Crippen LogP contribution in [0.3, 0.4) is 0 Å². The maximum atomic E-state index is 12.0. The van der Waals surface area contributed by atoms with E-state index in [4.69, 9.17) is 9.47 Å². The summed E-state index contributed by atoms with van der Waals surface area (Å²) in [4.78, 5) is 12.0. The fourth-order valence-electron chi connectivity index (χ4n) is 2.60. The van der Waals surface area contributed by atoms with Gasteiger partial charge in [0.15, 0.2) is 28.6 Å². The first-order chi connectivity index (χ1) is 12.6. The van der Waals surface area contributed by atoms with Crippen LogP contribution in [-0.4, -0.2) is 39.1 Å². The zero-order valence-corrected chi connectivity index (χ0v) is 15.7. The third-order valence-corrected chi connectivity index (χ3v) is 4.94.